The van der Waals surface area contributed by atoms with Crippen LogP contribution in [0.2, 0.25) is 5.02 Å². The summed E-state index contributed by atoms with van der Waals surface area (Å²) in [4.78, 5) is 16.9. The Hall–Kier alpha value is -2.72. The Morgan fingerprint density at radius 2 is 1.70 bits per heavy atom. The Kier molecular flexibility index (Phi) is 4.90. The second-order valence-electron chi connectivity index (χ2n) is 6.76. The second-order valence-corrected chi connectivity index (χ2v) is 7.17. The largest absolute Gasteiger partial charge is 0.464 e. The predicted molar refractivity (Wildman–Crippen MR) is 108 cm³/mol. The Morgan fingerprint density at radius 3 is 2.37 bits per heavy atom. The van der Waals surface area contributed by atoms with Crippen molar-refractivity contribution < 1.29 is 9.21 Å². The molecule has 4 nitrogen and oxygen atoms in total. The van der Waals surface area contributed by atoms with Crippen molar-refractivity contribution in [2.75, 3.05) is 31.1 Å². The average molecular weight is 381 g/mol. The third-order valence-electron chi connectivity index (χ3n) is 4.96. The zero-order valence-corrected chi connectivity index (χ0v) is 15.9. The molecule has 5 heteroatoms. The highest BCUT2D eigenvalue weighted by Crippen LogP contribution is 2.37. The van der Waals surface area contributed by atoms with E-state index in [2.05, 4.69) is 4.90 Å². The van der Waals surface area contributed by atoms with Crippen LogP contribution in [0.25, 0.3) is 11.3 Å². The molecule has 1 amide bonds. The van der Waals surface area contributed by atoms with Gasteiger partial charge in [-0.1, -0.05) is 35.4 Å². The molecule has 2 aromatic carbocycles. The molecule has 1 aromatic heterocycles. The summed E-state index contributed by atoms with van der Waals surface area (Å²) in [6.07, 6.45) is 1.66. The third kappa shape index (κ3) is 3.58. The molecule has 1 fully saturated rings. The monoisotopic (exact) mass is 380 g/mol. The standard InChI is InChI=1S/C22H21ClN2O2/c1-16-7-9-17(10-8-16)22(26)25-13-11-24(12-14-25)21-18(4-2-5-19(21)23)20-6-3-15-27-20/h2-10,15H,11-14H2,1H3. The van der Waals surface area contributed by atoms with Crippen LogP contribution in [0.4, 0.5) is 5.69 Å². The summed E-state index contributed by atoms with van der Waals surface area (Å²) in [5, 5.41) is 0.696. The summed E-state index contributed by atoms with van der Waals surface area (Å²) in [6.45, 7) is 4.81. The highest BCUT2D eigenvalue weighted by atomic mass is 35.5. The predicted octanol–water partition coefficient (Wildman–Crippen LogP) is 4.87. The molecule has 0 saturated carbocycles. The van der Waals surface area contributed by atoms with Gasteiger partial charge in [0.05, 0.1) is 17.0 Å². The van der Waals surface area contributed by atoms with Crippen LogP contribution in [0.5, 0.6) is 0 Å². The molecule has 0 atom stereocenters. The van der Waals surface area contributed by atoms with Crippen LogP contribution in [0.3, 0.4) is 0 Å². The molecule has 0 spiro atoms. The normalized spacial score (nSPS) is 14.4. The van der Waals surface area contributed by atoms with E-state index in [0.29, 0.717) is 18.1 Å². The second kappa shape index (κ2) is 7.49. The lowest BCUT2D eigenvalue weighted by Crippen LogP contribution is -2.49. The van der Waals surface area contributed by atoms with E-state index < -0.39 is 0 Å². The minimum Gasteiger partial charge on any atom is -0.464 e. The van der Waals surface area contributed by atoms with Gasteiger partial charge in [0.15, 0.2) is 0 Å². The number of halogens is 1. The van der Waals surface area contributed by atoms with Crippen LogP contribution in [0, 0.1) is 6.92 Å². The quantitative estimate of drug-likeness (QED) is 0.650. The van der Waals surface area contributed by atoms with Crippen LogP contribution in [0.1, 0.15) is 15.9 Å². The van der Waals surface area contributed by atoms with Crippen molar-refractivity contribution in [3.63, 3.8) is 0 Å². The third-order valence-corrected chi connectivity index (χ3v) is 5.26. The van der Waals surface area contributed by atoms with Crippen LogP contribution in [-0.4, -0.2) is 37.0 Å². The first-order chi connectivity index (χ1) is 13.1. The van der Waals surface area contributed by atoms with Crippen LogP contribution in [-0.2, 0) is 0 Å². The zero-order valence-electron chi connectivity index (χ0n) is 15.2. The number of carbonyl (C=O) groups is 1. The maximum Gasteiger partial charge on any atom is 0.253 e. The molecule has 0 radical (unpaired) electrons. The lowest BCUT2D eigenvalue weighted by molar-refractivity contribution is 0.0747. The molecule has 1 aliphatic heterocycles. The first kappa shape index (κ1) is 17.7. The Balaban J connectivity index is 1.52. The zero-order chi connectivity index (χ0) is 18.8. The number of piperazine rings is 1. The number of anilines is 1. The number of aryl methyl sites for hydroxylation is 1. The minimum absolute atomic E-state index is 0.0834. The van der Waals surface area contributed by atoms with E-state index >= 15 is 0 Å². The van der Waals surface area contributed by atoms with Crippen molar-refractivity contribution in [2.45, 2.75) is 6.92 Å². The molecule has 0 aliphatic carbocycles. The van der Waals surface area contributed by atoms with E-state index in [9.17, 15) is 4.79 Å². The van der Waals surface area contributed by atoms with Crippen LogP contribution in [0.15, 0.2) is 65.3 Å². The van der Waals surface area contributed by atoms with E-state index in [0.717, 1.165) is 41.2 Å². The van der Waals surface area contributed by atoms with Gasteiger partial charge in [0.25, 0.3) is 5.91 Å². The first-order valence-corrected chi connectivity index (χ1v) is 9.44. The molecule has 0 unspecified atom stereocenters. The van der Waals surface area contributed by atoms with Gasteiger partial charge in [-0.05, 0) is 43.3 Å². The summed E-state index contributed by atoms with van der Waals surface area (Å²) < 4.78 is 5.58. The molecule has 138 valence electrons. The highest BCUT2D eigenvalue weighted by Gasteiger charge is 2.25. The fourth-order valence-corrected chi connectivity index (χ4v) is 3.77. The van der Waals surface area contributed by atoms with Crippen LogP contribution < -0.4 is 4.90 Å². The molecule has 27 heavy (non-hydrogen) atoms. The number of nitrogens with zero attached hydrogens (tertiary/aromatic N) is 2. The summed E-state index contributed by atoms with van der Waals surface area (Å²) in [7, 11) is 0. The number of benzene rings is 2. The summed E-state index contributed by atoms with van der Waals surface area (Å²) in [6, 6.07) is 17.4. The Labute approximate surface area is 164 Å². The molecular weight excluding hydrogens is 360 g/mol. The minimum atomic E-state index is 0.0834. The van der Waals surface area contributed by atoms with E-state index in [1.807, 2.05) is 66.4 Å². The number of amides is 1. The molecule has 0 N–H and O–H groups in total. The number of para-hydroxylation sites is 1. The molecular formula is C22H21ClN2O2. The van der Waals surface area contributed by atoms with Gasteiger partial charge in [0, 0.05) is 37.3 Å². The number of hydrogen-bond donors (Lipinski definition) is 0. The van der Waals surface area contributed by atoms with Gasteiger partial charge in [-0.3, -0.25) is 4.79 Å². The molecule has 3 aromatic rings. The van der Waals surface area contributed by atoms with E-state index in [1.54, 1.807) is 6.26 Å². The van der Waals surface area contributed by atoms with Crippen LogP contribution >= 0.6 is 11.6 Å². The highest BCUT2D eigenvalue weighted by molar-refractivity contribution is 6.34. The molecule has 2 heterocycles. The van der Waals surface area contributed by atoms with E-state index in [1.165, 1.54) is 0 Å². The van der Waals surface area contributed by atoms with Gasteiger partial charge in [-0.25, -0.2) is 0 Å². The molecule has 0 bridgehead atoms. The summed E-state index contributed by atoms with van der Waals surface area (Å²) in [5.41, 5.74) is 3.84. The lowest BCUT2D eigenvalue weighted by Gasteiger charge is -2.37. The Bertz CT molecular complexity index is 927. The maximum atomic E-state index is 12.7. The SMILES string of the molecule is Cc1ccc(C(=O)N2CCN(c3c(Cl)cccc3-c3ccco3)CC2)cc1. The fraction of sp³-hybridized carbons (Fsp3) is 0.227. The topological polar surface area (TPSA) is 36.7 Å². The van der Waals surface area contributed by atoms with Gasteiger partial charge in [-0.2, -0.15) is 0 Å². The summed E-state index contributed by atoms with van der Waals surface area (Å²) >= 11 is 6.53. The van der Waals surface area contributed by atoms with Crippen molar-refractivity contribution in [3.8, 4) is 11.3 Å². The summed E-state index contributed by atoms with van der Waals surface area (Å²) in [5.74, 6) is 0.880. The van der Waals surface area contributed by atoms with E-state index in [-0.39, 0.29) is 5.91 Å². The van der Waals surface area contributed by atoms with Gasteiger partial charge in [0.1, 0.15) is 5.76 Å². The van der Waals surface area contributed by atoms with Gasteiger partial charge in [0.2, 0.25) is 0 Å². The number of carbonyl (C=O) groups excluding carboxylic acids is 1. The fourth-order valence-electron chi connectivity index (χ4n) is 3.48. The first-order valence-electron chi connectivity index (χ1n) is 9.07. The molecule has 1 saturated heterocycles. The maximum absolute atomic E-state index is 12.7. The van der Waals surface area contributed by atoms with Crippen molar-refractivity contribution in [1.29, 1.82) is 0 Å². The lowest BCUT2D eigenvalue weighted by atomic mass is 10.1. The van der Waals surface area contributed by atoms with Gasteiger partial charge in [-0.15, -0.1) is 0 Å². The van der Waals surface area contributed by atoms with Gasteiger partial charge >= 0.3 is 0 Å². The average Bonchev–Trinajstić information content (AvgIpc) is 3.23. The van der Waals surface area contributed by atoms with Crippen molar-refractivity contribution in [3.05, 3.63) is 77.0 Å². The van der Waals surface area contributed by atoms with Crippen molar-refractivity contribution in [2.24, 2.45) is 0 Å². The van der Waals surface area contributed by atoms with Crippen molar-refractivity contribution >= 4 is 23.2 Å². The molecule has 1 aliphatic rings. The van der Waals surface area contributed by atoms with E-state index in [4.69, 9.17) is 16.0 Å². The number of furan rings is 1. The molecule has 4 rings (SSSR count). The smallest absolute Gasteiger partial charge is 0.253 e. The van der Waals surface area contributed by atoms with Crippen molar-refractivity contribution in [1.82, 2.24) is 4.90 Å². The Morgan fingerprint density at radius 1 is 0.963 bits per heavy atom. The number of hydrogen-bond acceptors (Lipinski definition) is 3. The number of rotatable bonds is 3. The van der Waals surface area contributed by atoms with Gasteiger partial charge < -0.3 is 14.2 Å².